The molecule has 4 nitrogen and oxygen atoms in total. The first-order valence-corrected chi connectivity index (χ1v) is 6.21. The number of rotatable bonds is 3. The summed E-state index contributed by atoms with van der Waals surface area (Å²) < 4.78 is 0. The predicted octanol–water partition coefficient (Wildman–Crippen LogP) is 1.30. The maximum atomic E-state index is 11.9. The number of amides is 1. The molecule has 0 bridgehead atoms. The summed E-state index contributed by atoms with van der Waals surface area (Å²) in [6, 6.07) is 9.53. The molecule has 2 atom stereocenters. The van der Waals surface area contributed by atoms with Gasteiger partial charge in [-0.2, -0.15) is 5.26 Å². The minimum atomic E-state index is 0.0548. The third-order valence-corrected chi connectivity index (χ3v) is 3.37. The highest BCUT2D eigenvalue weighted by atomic mass is 16.1. The molecule has 94 valence electrons. The van der Waals surface area contributed by atoms with Crippen LogP contribution in [0.25, 0.3) is 0 Å². The first kappa shape index (κ1) is 12.6. The Hall–Kier alpha value is -1.86. The van der Waals surface area contributed by atoms with Crippen molar-refractivity contribution in [3.8, 4) is 6.07 Å². The van der Waals surface area contributed by atoms with Crippen LogP contribution in [0.3, 0.4) is 0 Å². The van der Waals surface area contributed by atoms with Crippen molar-refractivity contribution in [1.82, 2.24) is 5.32 Å². The smallest absolute Gasteiger partial charge is 0.223 e. The van der Waals surface area contributed by atoms with Gasteiger partial charge >= 0.3 is 0 Å². The first-order valence-electron chi connectivity index (χ1n) is 6.21. The summed E-state index contributed by atoms with van der Waals surface area (Å²) in [7, 11) is 0. The van der Waals surface area contributed by atoms with E-state index in [9.17, 15) is 4.79 Å². The molecular formula is C14H17N3O. The monoisotopic (exact) mass is 243 g/mol. The van der Waals surface area contributed by atoms with E-state index in [0.29, 0.717) is 12.1 Å². The van der Waals surface area contributed by atoms with E-state index in [1.807, 2.05) is 12.1 Å². The standard InChI is InChI=1S/C14H17N3O/c15-8-10-2-1-3-11(6-10)9-17-14(18)12-4-5-13(16)7-12/h1-3,6,12-13H,4-5,7,9,16H2,(H,17,18). The molecule has 1 aliphatic rings. The van der Waals surface area contributed by atoms with E-state index in [2.05, 4.69) is 11.4 Å². The number of nitrogens with one attached hydrogen (secondary N) is 1. The van der Waals surface area contributed by atoms with Gasteiger partial charge in [-0.05, 0) is 37.0 Å². The molecule has 0 spiro atoms. The van der Waals surface area contributed by atoms with E-state index < -0.39 is 0 Å². The van der Waals surface area contributed by atoms with Gasteiger partial charge in [0.15, 0.2) is 0 Å². The molecule has 0 heterocycles. The lowest BCUT2D eigenvalue weighted by atomic mass is 10.1. The number of hydrogen-bond acceptors (Lipinski definition) is 3. The van der Waals surface area contributed by atoms with Gasteiger partial charge < -0.3 is 11.1 Å². The molecule has 1 aromatic carbocycles. The van der Waals surface area contributed by atoms with Crippen LogP contribution in [-0.4, -0.2) is 11.9 Å². The van der Waals surface area contributed by atoms with Crippen LogP contribution in [0.1, 0.15) is 30.4 Å². The normalized spacial score (nSPS) is 22.4. The van der Waals surface area contributed by atoms with Gasteiger partial charge in [-0.1, -0.05) is 12.1 Å². The second-order valence-electron chi connectivity index (χ2n) is 4.80. The third kappa shape index (κ3) is 3.08. The van der Waals surface area contributed by atoms with Crippen molar-refractivity contribution < 1.29 is 4.79 Å². The number of nitriles is 1. The first-order chi connectivity index (χ1) is 8.69. The van der Waals surface area contributed by atoms with Crippen molar-refractivity contribution >= 4 is 5.91 Å². The van der Waals surface area contributed by atoms with Gasteiger partial charge in [-0.3, -0.25) is 4.79 Å². The number of hydrogen-bond donors (Lipinski definition) is 2. The van der Waals surface area contributed by atoms with E-state index in [1.165, 1.54) is 0 Å². The highest BCUT2D eigenvalue weighted by Gasteiger charge is 2.27. The Balaban J connectivity index is 1.87. The third-order valence-electron chi connectivity index (χ3n) is 3.37. The van der Waals surface area contributed by atoms with Crippen LogP contribution in [0.4, 0.5) is 0 Å². The van der Waals surface area contributed by atoms with Crippen LogP contribution >= 0.6 is 0 Å². The SMILES string of the molecule is N#Cc1cccc(CNC(=O)C2CCC(N)C2)c1. The van der Waals surface area contributed by atoms with Crippen molar-refractivity contribution in [1.29, 1.82) is 5.26 Å². The topological polar surface area (TPSA) is 78.9 Å². The van der Waals surface area contributed by atoms with Crippen molar-refractivity contribution in [3.63, 3.8) is 0 Å². The molecular weight excluding hydrogens is 226 g/mol. The molecule has 4 heteroatoms. The predicted molar refractivity (Wildman–Crippen MR) is 68.3 cm³/mol. The summed E-state index contributed by atoms with van der Waals surface area (Å²) in [5.41, 5.74) is 7.36. The van der Waals surface area contributed by atoms with Gasteiger partial charge in [0.2, 0.25) is 5.91 Å². The van der Waals surface area contributed by atoms with Crippen LogP contribution in [0, 0.1) is 17.2 Å². The Bertz CT molecular complexity index is 478. The van der Waals surface area contributed by atoms with Crippen LogP contribution in [-0.2, 0) is 11.3 Å². The van der Waals surface area contributed by atoms with Gasteiger partial charge in [-0.25, -0.2) is 0 Å². The molecule has 1 saturated carbocycles. The Morgan fingerprint density at radius 1 is 1.50 bits per heavy atom. The van der Waals surface area contributed by atoms with E-state index >= 15 is 0 Å². The fourth-order valence-corrected chi connectivity index (χ4v) is 2.34. The zero-order valence-electron chi connectivity index (χ0n) is 10.2. The summed E-state index contributed by atoms with van der Waals surface area (Å²) in [6.07, 6.45) is 2.59. The molecule has 18 heavy (non-hydrogen) atoms. The van der Waals surface area contributed by atoms with Crippen molar-refractivity contribution in [2.24, 2.45) is 11.7 Å². The van der Waals surface area contributed by atoms with Crippen LogP contribution in [0.5, 0.6) is 0 Å². The Labute approximate surface area is 107 Å². The van der Waals surface area contributed by atoms with Gasteiger partial charge in [0, 0.05) is 18.5 Å². The van der Waals surface area contributed by atoms with Crippen LogP contribution in [0.15, 0.2) is 24.3 Å². The Morgan fingerprint density at radius 3 is 3.00 bits per heavy atom. The molecule has 1 amide bonds. The second kappa shape index (κ2) is 5.65. The van der Waals surface area contributed by atoms with E-state index in [0.717, 1.165) is 24.8 Å². The van der Waals surface area contributed by atoms with Gasteiger partial charge in [0.1, 0.15) is 0 Å². The minimum absolute atomic E-state index is 0.0548. The highest BCUT2D eigenvalue weighted by Crippen LogP contribution is 2.24. The van der Waals surface area contributed by atoms with E-state index in [1.54, 1.807) is 12.1 Å². The lowest BCUT2D eigenvalue weighted by Gasteiger charge is -2.10. The summed E-state index contributed by atoms with van der Waals surface area (Å²) in [5, 5.41) is 11.7. The molecule has 1 fully saturated rings. The fraction of sp³-hybridized carbons (Fsp3) is 0.429. The molecule has 0 radical (unpaired) electrons. The molecule has 1 aliphatic carbocycles. The molecule has 0 aliphatic heterocycles. The highest BCUT2D eigenvalue weighted by molar-refractivity contribution is 5.79. The van der Waals surface area contributed by atoms with Gasteiger partial charge in [0.25, 0.3) is 0 Å². The number of nitrogens with zero attached hydrogens (tertiary/aromatic N) is 1. The summed E-state index contributed by atoms with van der Waals surface area (Å²) in [6.45, 7) is 0.472. The molecule has 0 aromatic heterocycles. The Kier molecular flexibility index (Phi) is 3.96. The lowest BCUT2D eigenvalue weighted by molar-refractivity contribution is -0.125. The number of carbonyl (C=O) groups excluding carboxylic acids is 1. The fourth-order valence-electron chi connectivity index (χ4n) is 2.34. The molecule has 2 rings (SSSR count). The Morgan fingerprint density at radius 2 is 2.33 bits per heavy atom. The summed E-state index contributed by atoms with van der Waals surface area (Å²) in [5.74, 6) is 0.129. The minimum Gasteiger partial charge on any atom is -0.352 e. The average molecular weight is 243 g/mol. The zero-order chi connectivity index (χ0) is 13.0. The van der Waals surface area contributed by atoms with Crippen LogP contribution in [0.2, 0.25) is 0 Å². The second-order valence-corrected chi connectivity index (χ2v) is 4.80. The van der Waals surface area contributed by atoms with E-state index in [4.69, 9.17) is 11.0 Å². The van der Waals surface area contributed by atoms with Gasteiger partial charge in [-0.15, -0.1) is 0 Å². The molecule has 0 saturated heterocycles. The lowest BCUT2D eigenvalue weighted by Crippen LogP contribution is -2.30. The zero-order valence-corrected chi connectivity index (χ0v) is 10.2. The van der Waals surface area contributed by atoms with Gasteiger partial charge in [0.05, 0.1) is 11.6 Å². The summed E-state index contributed by atoms with van der Waals surface area (Å²) >= 11 is 0. The quantitative estimate of drug-likeness (QED) is 0.839. The molecule has 2 unspecified atom stereocenters. The number of nitrogens with two attached hydrogens (primary N) is 1. The van der Waals surface area contributed by atoms with Crippen LogP contribution < -0.4 is 11.1 Å². The maximum Gasteiger partial charge on any atom is 0.223 e. The molecule has 3 N–H and O–H groups in total. The number of carbonyl (C=O) groups is 1. The average Bonchev–Trinajstić information content (AvgIpc) is 2.83. The number of benzene rings is 1. The van der Waals surface area contributed by atoms with Crippen molar-refractivity contribution in [3.05, 3.63) is 35.4 Å². The van der Waals surface area contributed by atoms with Crippen molar-refractivity contribution in [2.75, 3.05) is 0 Å². The summed E-state index contributed by atoms with van der Waals surface area (Å²) in [4.78, 5) is 11.9. The van der Waals surface area contributed by atoms with Crippen molar-refractivity contribution in [2.45, 2.75) is 31.8 Å². The van der Waals surface area contributed by atoms with E-state index in [-0.39, 0.29) is 17.9 Å². The maximum absolute atomic E-state index is 11.9. The largest absolute Gasteiger partial charge is 0.352 e. The molecule has 1 aromatic rings.